The van der Waals surface area contributed by atoms with Crippen LogP contribution in [0.5, 0.6) is 5.75 Å². The summed E-state index contributed by atoms with van der Waals surface area (Å²) in [4.78, 5) is 21.2. The summed E-state index contributed by atoms with van der Waals surface area (Å²) in [5.41, 5.74) is 2.18. The zero-order valence-corrected chi connectivity index (χ0v) is 13.0. The molecule has 4 heterocycles. The first-order chi connectivity index (χ1) is 10.7. The van der Waals surface area contributed by atoms with Gasteiger partial charge in [-0.2, -0.15) is 0 Å². The fourth-order valence-electron chi connectivity index (χ4n) is 3.75. The average Bonchev–Trinajstić information content (AvgIpc) is 3.18. The molecule has 1 aromatic carbocycles. The molecule has 2 fully saturated rings. The summed E-state index contributed by atoms with van der Waals surface area (Å²) in [6.45, 7) is 2.52. The minimum atomic E-state index is -0.0185. The Hall–Kier alpha value is -1.86. The Kier molecular flexibility index (Phi) is 2.49. The molecule has 0 radical (unpaired) electrons. The van der Waals surface area contributed by atoms with E-state index in [0.29, 0.717) is 0 Å². The molecule has 3 aliphatic rings. The number of hydrogen-bond donors (Lipinski definition) is 1. The predicted octanol–water partition coefficient (Wildman–Crippen LogP) is 1.44. The van der Waals surface area contributed by atoms with Crippen LogP contribution in [-0.4, -0.2) is 54.7 Å². The minimum Gasteiger partial charge on any atom is -0.493 e. The van der Waals surface area contributed by atoms with Crippen molar-refractivity contribution in [1.29, 1.82) is 0 Å². The van der Waals surface area contributed by atoms with Crippen molar-refractivity contribution in [1.82, 2.24) is 15.2 Å². The Morgan fingerprint density at radius 1 is 1.41 bits per heavy atom. The number of likely N-dealkylation sites (tertiary alicyclic amines) is 1. The van der Waals surface area contributed by atoms with Crippen LogP contribution in [0.3, 0.4) is 0 Å². The van der Waals surface area contributed by atoms with E-state index < -0.39 is 0 Å². The van der Waals surface area contributed by atoms with E-state index in [0.717, 1.165) is 47.2 Å². The van der Waals surface area contributed by atoms with E-state index in [4.69, 9.17) is 9.72 Å². The van der Waals surface area contributed by atoms with Crippen LogP contribution in [0.2, 0.25) is 0 Å². The van der Waals surface area contributed by atoms with E-state index in [1.54, 1.807) is 11.3 Å². The van der Waals surface area contributed by atoms with Gasteiger partial charge in [-0.15, -0.1) is 0 Å². The van der Waals surface area contributed by atoms with Crippen LogP contribution in [-0.2, 0) is 6.42 Å². The summed E-state index contributed by atoms with van der Waals surface area (Å²) >= 11 is 1.59. The third kappa shape index (κ3) is 1.63. The van der Waals surface area contributed by atoms with Gasteiger partial charge in [0.05, 0.1) is 28.9 Å². The SMILES string of the molecule is CN1CC2NC(=O)N(c3nc4c5c(ccc4s3)OCC5)C2C1. The maximum atomic E-state index is 12.3. The lowest BCUT2D eigenvalue weighted by Crippen LogP contribution is -2.37. The van der Waals surface area contributed by atoms with Crippen LogP contribution in [0.1, 0.15) is 5.56 Å². The minimum absolute atomic E-state index is 0.0185. The number of fused-ring (bicyclic) bond motifs is 4. The third-order valence-corrected chi connectivity index (χ3v) is 5.78. The molecule has 2 unspecified atom stereocenters. The molecule has 1 N–H and O–H groups in total. The highest BCUT2D eigenvalue weighted by atomic mass is 32.1. The number of urea groups is 1. The van der Waals surface area contributed by atoms with Crippen molar-refractivity contribution in [3.05, 3.63) is 17.7 Å². The number of amides is 2. The van der Waals surface area contributed by atoms with Crippen molar-refractivity contribution < 1.29 is 9.53 Å². The molecule has 0 aliphatic carbocycles. The molecule has 0 bridgehead atoms. The topological polar surface area (TPSA) is 57.7 Å². The van der Waals surface area contributed by atoms with Gasteiger partial charge in [0, 0.05) is 25.1 Å². The Labute approximate surface area is 131 Å². The summed E-state index contributed by atoms with van der Waals surface area (Å²) in [6, 6.07) is 4.44. The monoisotopic (exact) mass is 316 g/mol. The van der Waals surface area contributed by atoms with Crippen molar-refractivity contribution in [2.75, 3.05) is 31.6 Å². The van der Waals surface area contributed by atoms with E-state index in [2.05, 4.69) is 17.3 Å². The molecule has 2 atom stereocenters. The van der Waals surface area contributed by atoms with E-state index in [-0.39, 0.29) is 18.1 Å². The Balaban J connectivity index is 1.60. The first kappa shape index (κ1) is 12.7. The number of nitrogens with one attached hydrogen (secondary N) is 1. The molecule has 7 heteroatoms. The first-order valence-electron chi connectivity index (χ1n) is 7.54. The van der Waals surface area contributed by atoms with Gasteiger partial charge < -0.3 is 15.0 Å². The van der Waals surface area contributed by atoms with Crippen LogP contribution in [0, 0.1) is 0 Å². The van der Waals surface area contributed by atoms with Gasteiger partial charge in [-0.3, -0.25) is 4.90 Å². The first-order valence-corrected chi connectivity index (χ1v) is 8.36. The van der Waals surface area contributed by atoms with Crippen molar-refractivity contribution >= 4 is 32.7 Å². The lowest BCUT2D eigenvalue weighted by Gasteiger charge is -2.19. The average molecular weight is 316 g/mol. The molecule has 0 saturated carbocycles. The van der Waals surface area contributed by atoms with Crippen molar-refractivity contribution in [3.8, 4) is 5.75 Å². The molecule has 2 amide bonds. The van der Waals surface area contributed by atoms with E-state index in [1.165, 1.54) is 5.56 Å². The van der Waals surface area contributed by atoms with Gasteiger partial charge in [-0.05, 0) is 19.2 Å². The summed E-state index contributed by atoms with van der Waals surface area (Å²) in [7, 11) is 2.09. The van der Waals surface area contributed by atoms with Crippen molar-refractivity contribution in [2.24, 2.45) is 0 Å². The molecule has 5 rings (SSSR count). The summed E-state index contributed by atoms with van der Waals surface area (Å²) < 4.78 is 6.74. The highest BCUT2D eigenvalue weighted by molar-refractivity contribution is 7.22. The number of anilines is 1. The second-order valence-corrected chi connectivity index (χ2v) is 7.21. The molecule has 0 spiro atoms. The lowest BCUT2D eigenvalue weighted by atomic mass is 10.1. The van der Waals surface area contributed by atoms with Gasteiger partial charge >= 0.3 is 6.03 Å². The van der Waals surface area contributed by atoms with Gasteiger partial charge in [0.25, 0.3) is 0 Å². The fourth-order valence-corrected chi connectivity index (χ4v) is 4.80. The molecule has 2 saturated heterocycles. The Morgan fingerprint density at radius 2 is 2.32 bits per heavy atom. The summed E-state index contributed by atoms with van der Waals surface area (Å²) in [6.07, 6.45) is 0.900. The Morgan fingerprint density at radius 3 is 3.23 bits per heavy atom. The molecule has 114 valence electrons. The Bertz CT molecular complexity index is 789. The maximum Gasteiger partial charge on any atom is 0.324 e. The van der Waals surface area contributed by atoms with Gasteiger partial charge in [0.1, 0.15) is 5.75 Å². The van der Waals surface area contributed by atoms with Crippen LogP contribution in [0.4, 0.5) is 9.93 Å². The zero-order valence-electron chi connectivity index (χ0n) is 12.2. The predicted molar refractivity (Wildman–Crippen MR) is 84.9 cm³/mol. The maximum absolute atomic E-state index is 12.3. The van der Waals surface area contributed by atoms with Crippen LogP contribution >= 0.6 is 11.3 Å². The number of likely N-dealkylation sites (N-methyl/N-ethyl adjacent to an activating group) is 1. The second-order valence-electron chi connectivity index (χ2n) is 6.20. The number of carbonyl (C=O) groups excluding carboxylic acids is 1. The zero-order chi connectivity index (χ0) is 14.8. The molecule has 22 heavy (non-hydrogen) atoms. The van der Waals surface area contributed by atoms with Gasteiger partial charge in [0.15, 0.2) is 5.13 Å². The number of carbonyl (C=O) groups is 1. The van der Waals surface area contributed by atoms with E-state index >= 15 is 0 Å². The van der Waals surface area contributed by atoms with E-state index in [9.17, 15) is 4.79 Å². The number of aromatic nitrogens is 1. The molecular formula is C15H16N4O2S. The third-order valence-electron chi connectivity index (χ3n) is 4.76. The highest BCUT2D eigenvalue weighted by Gasteiger charge is 2.46. The largest absolute Gasteiger partial charge is 0.493 e. The van der Waals surface area contributed by atoms with Crippen molar-refractivity contribution in [3.63, 3.8) is 0 Å². The second kappa shape index (κ2) is 4.33. The summed E-state index contributed by atoms with van der Waals surface area (Å²) in [5.74, 6) is 0.939. The quantitative estimate of drug-likeness (QED) is 0.865. The fraction of sp³-hybridized carbons (Fsp3) is 0.467. The highest BCUT2D eigenvalue weighted by Crippen LogP contribution is 2.39. The number of ether oxygens (including phenoxy) is 1. The molecule has 3 aliphatic heterocycles. The normalized spacial score (nSPS) is 27.1. The standard InChI is InChI=1S/C15H16N4O2S/c1-18-6-9-10(7-18)19(14(20)16-9)15-17-13-8-4-5-21-11(8)2-3-12(13)22-15/h2-3,9-10H,4-7H2,1H3,(H,16,20). The van der Waals surface area contributed by atoms with Crippen LogP contribution < -0.4 is 15.0 Å². The molecule has 2 aromatic rings. The van der Waals surface area contributed by atoms with Gasteiger partial charge in [-0.1, -0.05) is 11.3 Å². The smallest absolute Gasteiger partial charge is 0.324 e. The number of nitrogens with zero attached hydrogens (tertiary/aromatic N) is 3. The van der Waals surface area contributed by atoms with Crippen molar-refractivity contribution in [2.45, 2.75) is 18.5 Å². The summed E-state index contributed by atoms with van der Waals surface area (Å²) in [5, 5.41) is 3.88. The van der Waals surface area contributed by atoms with Gasteiger partial charge in [-0.25, -0.2) is 9.78 Å². The van der Waals surface area contributed by atoms with Gasteiger partial charge in [0.2, 0.25) is 0 Å². The van der Waals surface area contributed by atoms with Crippen LogP contribution in [0.25, 0.3) is 10.2 Å². The number of benzene rings is 1. The molecule has 6 nitrogen and oxygen atoms in total. The number of thiazole rings is 1. The molecular weight excluding hydrogens is 300 g/mol. The van der Waals surface area contributed by atoms with Crippen LogP contribution in [0.15, 0.2) is 12.1 Å². The lowest BCUT2D eigenvalue weighted by molar-refractivity contribution is 0.248. The van der Waals surface area contributed by atoms with E-state index in [1.807, 2.05) is 17.0 Å². The number of rotatable bonds is 1. The molecule has 1 aromatic heterocycles. The number of hydrogen-bond acceptors (Lipinski definition) is 5.